The van der Waals surface area contributed by atoms with E-state index in [9.17, 15) is 24.3 Å². The minimum atomic E-state index is -0.934. The highest BCUT2D eigenvalue weighted by molar-refractivity contribution is 9.10. The van der Waals surface area contributed by atoms with Gasteiger partial charge in [-0.3, -0.25) is 28.5 Å². The molecular weight excluding hydrogens is 995 g/mol. The van der Waals surface area contributed by atoms with E-state index in [1.807, 2.05) is 94.7 Å². The van der Waals surface area contributed by atoms with Crippen molar-refractivity contribution < 1.29 is 24.2 Å². The summed E-state index contributed by atoms with van der Waals surface area (Å²) in [5.74, 6) is 0.153. The number of carbonyl (C=O) groups excluding carboxylic acids is 3. The average Bonchev–Trinajstić information content (AvgIpc) is 3.65. The van der Waals surface area contributed by atoms with E-state index >= 15 is 0 Å². The van der Waals surface area contributed by atoms with E-state index in [-0.39, 0.29) is 42.9 Å². The van der Waals surface area contributed by atoms with Crippen LogP contribution in [0.1, 0.15) is 113 Å². The van der Waals surface area contributed by atoms with Crippen LogP contribution in [0.25, 0.3) is 38.2 Å². The van der Waals surface area contributed by atoms with Crippen molar-refractivity contribution in [1.82, 2.24) is 44.3 Å². The Hall–Kier alpha value is -5.04. The largest absolute Gasteiger partial charge is 0.391 e. The Morgan fingerprint density at radius 2 is 1.71 bits per heavy atom. The highest BCUT2D eigenvalue weighted by Gasteiger charge is 2.54. The number of hydrogen-bond acceptors (Lipinski definition) is 11. The lowest BCUT2D eigenvalue weighted by molar-refractivity contribution is -0.145. The van der Waals surface area contributed by atoms with Crippen LogP contribution in [0.3, 0.4) is 0 Å². The summed E-state index contributed by atoms with van der Waals surface area (Å²) in [4.78, 5) is 72.0. The minimum absolute atomic E-state index is 0.00577. The quantitative estimate of drug-likeness (QED) is 0.0866. The molecule has 4 aliphatic rings. The maximum atomic E-state index is 14.5. The molecule has 4 atom stereocenters. The number of ether oxygens (including phenoxy) is 1. The molecule has 2 saturated carbocycles. The summed E-state index contributed by atoms with van der Waals surface area (Å²) in [6.45, 7) is 11.0. The van der Waals surface area contributed by atoms with Gasteiger partial charge in [-0.1, -0.05) is 70.0 Å². The first-order valence-corrected chi connectivity index (χ1v) is 27.4. The molecule has 5 heterocycles. The van der Waals surface area contributed by atoms with Crippen molar-refractivity contribution in [3.05, 3.63) is 97.8 Å². The number of likely N-dealkylation sites (N-methyl/N-ethyl adjacent to an activating group) is 1. The molecule has 15 nitrogen and oxygen atoms in total. The van der Waals surface area contributed by atoms with E-state index in [1.54, 1.807) is 11.3 Å². The van der Waals surface area contributed by atoms with Crippen molar-refractivity contribution >= 4 is 72.7 Å². The molecule has 0 radical (unpaired) electrons. The van der Waals surface area contributed by atoms with E-state index in [0.717, 1.165) is 93.8 Å². The number of carbonyl (C=O) groups is 3. The van der Waals surface area contributed by atoms with Crippen LogP contribution < -0.4 is 16.2 Å². The van der Waals surface area contributed by atoms with E-state index in [2.05, 4.69) is 63.6 Å². The number of nitrogens with one attached hydrogen (secondary N) is 2. The Morgan fingerprint density at radius 3 is 2.38 bits per heavy atom. The van der Waals surface area contributed by atoms with Crippen molar-refractivity contribution in [2.24, 2.45) is 5.41 Å². The molecule has 2 aliphatic heterocycles. The van der Waals surface area contributed by atoms with Crippen LogP contribution in [0, 0.1) is 12.3 Å². The number of hydrogen-bond donors (Lipinski definition) is 3. The molecule has 3 aromatic carbocycles. The van der Waals surface area contributed by atoms with Crippen molar-refractivity contribution in [2.45, 2.75) is 127 Å². The predicted molar refractivity (Wildman–Crippen MR) is 285 cm³/mol. The molecule has 2 aliphatic carbocycles. The zero-order chi connectivity index (χ0) is 50.6. The lowest BCUT2D eigenvalue weighted by atomic mass is 9.85. The summed E-state index contributed by atoms with van der Waals surface area (Å²) in [6.07, 6.45) is 7.12. The topological polar surface area (TPSA) is 167 Å². The molecule has 10 rings (SSSR count). The van der Waals surface area contributed by atoms with Gasteiger partial charge in [0.25, 0.3) is 5.56 Å². The first kappa shape index (κ1) is 50.5. The second-order valence-electron chi connectivity index (χ2n) is 22.0. The van der Waals surface area contributed by atoms with E-state index in [4.69, 9.17) is 9.72 Å². The number of halogens is 1. The zero-order valence-electron chi connectivity index (χ0n) is 42.3. The number of aliphatic hydroxyl groups excluding tert-OH is 1. The fourth-order valence-corrected chi connectivity index (χ4v) is 13.0. The number of nitrogens with zero attached hydrogens (tertiary/aromatic N) is 7. The number of piperidine rings is 1. The third-order valence-electron chi connectivity index (χ3n) is 16.0. The van der Waals surface area contributed by atoms with Crippen molar-refractivity contribution in [3.8, 4) is 10.4 Å². The lowest BCUT2D eigenvalue weighted by Gasteiger charge is -2.37. The van der Waals surface area contributed by atoms with Crippen LogP contribution in [-0.2, 0) is 19.1 Å². The zero-order valence-corrected chi connectivity index (χ0v) is 44.7. The standard InChI is InChI=1S/C55H68BrN9O6S/c1-33-47(72-32-57-33)36-16-14-35(15-17-36)41(58-49(67)45-29-39(66)30-63(45)51(69)48(54(2,3)4)59-52(70)55(22-23-55)61(5)6)31-71-27-26-62-24-20-34(21-25-62)37-18-19-42-44(28-37)64(38-10-7-8-11-38)53-60-50(68)46-40(56)12-9-13-43(46)65(42)53/h9,12-19,28,32,34,38-39,41,45,48,66H,7-8,10-11,20-27,29-31H2,1-6H3,(H,58,67)(H,59,70)/t39-,41+,45+,48-/m1/s1. The average molecular weight is 1060 g/mol. The van der Waals surface area contributed by atoms with E-state index in [1.165, 1.54) is 23.3 Å². The van der Waals surface area contributed by atoms with Gasteiger partial charge in [-0.05, 0) is 141 Å². The van der Waals surface area contributed by atoms with Gasteiger partial charge in [0, 0.05) is 30.0 Å². The fourth-order valence-electron chi connectivity index (χ4n) is 11.6. The van der Waals surface area contributed by atoms with Crippen LogP contribution >= 0.6 is 27.3 Å². The van der Waals surface area contributed by atoms with Crippen LogP contribution in [0.2, 0.25) is 0 Å². The summed E-state index contributed by atoms with van der Waals surface area (Å²) >= 11 is 5.20. The van der Waals surface area contributed by atoms with Gasteiger partial charge >= 0.3 is 0 Å². The predicted octanol–water partition coefficient (Wildman–Crippen LogP) is 7.75. The SMILES string of the molecule is Cc1ncsc1-c1ccc([C@H](COCCN2CCC(c3ccc4c(c3)n(C3CCCC3)c3nc(=O)c5c(Br)cccc5n43)CC2)NC(=O)[C@@H]2C[C@@H](O)CN2C(=O)[C@@H](NC(=O)C2(N(C)C)CC2)C(C)(C)C)cc1. The van der Waals surface area contributed by atoms with Gasteiger partial charge < -0.3 is 34.8 Å². The Morgan fingerprint density at radius 1 is 0.972 bits per heavy atom. The summed E-state index contributed by atoms with van der Waals surface area (Å²) in [6, 6.07) is 18.8. The first-order chi connectivity index (χ1) is 34.5. The van der Waals surface area contributed by atoms with Gasteiger partial charge in [0.1, 0.15) is 12.1 Å². The number of aryl methyl sites for hydroxylation is 1. The van der Waals surface area contributed by atoms with Gasteiger partial charge in [-0.25, -0.2) is 4.98 Å². The Kier molecular flexibility index (Phi) is 14.3. The van der Waals surface area contributed by atoms with Crippen LogP contribution in [-0.4, -0.2) is 134 Å². The third kappa shape index (κ3) is 9.77. The van der Waals surface area contributed by atoms with Crippen molar-refractivity contribution in [3.63, 3.8) is 0 Å². The number of benzene rings is 3. The Balaban J connectivity index is 0.813. The van der Waals surface area contributed by atoms with Gasteiger partial charge in [-0.15, -0.1) is 11.3 Å². The fraction of sp³-hybridized carbons (Fsp3) is 0.527. The molecule has 4 fully saturated rings. The second kappa shape index (κ2) is 20.3. The Labute approximate surface area is 433 Å². The number of imidazole rings is 1. The maximum Gasteiger partial charge on any atom is 0.283 e. The normalized spacial score (nSPS) is 20.8. The molecule has 6 aromatic rings. The summed E-state index contributed by atoms with van der Waals surface area (Å²) in [7, 11) is 3.75. The molecule has 3 N–H and O–H groups in total. The maximum absolute atomic E-state index is 14.5. The number of likely N-dealkylation sites (tertiary alicyclic amines) is 2. The van der Waals surface area contributed by atoms with Crippen LogP contribution in [0.15, 0.2) is 75.4 Å². The van der Waals surface area contributed by atoms with Gasteiger partial charge in [0.05, 0.1) is 68.9 Å². The van der Waals surface area contributed by atoms with E-state index < -0.39 is 35.2 Å². The molecule has 3 aromatic heterocycles. The number of fused-ring (bicyclic) bond motifs is 5. The van der Waals surface area contributed by atoms with Gasteiger partial charge in [0.15, 0.2) is 0 Å². The number of thiazole rings is 1. The minimum Gasteiger partial charge on any atom is -0.391 e. The van der Waals surface area contributed by atoms with Gasteiger partial charge in [0.2, 0.25) is 23.5 Å². The first-order valence-electron chi connectivity index (χ1n) is 25.7. The molecular formula is C55H68BrN9O6S. The molecule has 72 heavy (non-hydrogen) atoms. The highest BCUT2D eigenvalue weighted by Crippen LogP contribution is 2.42. The van der Waals surface area contributed by atoms with Gasteiger partial charge in [-0.2, -0.15) is 4.98 Å². The lowest BCUT2D eigenvalue weighted by Crippen LogP contribution is -2.60. The summed E-state index contributed by atoms with van der Waals surface area (Å²) in [5.41, 5.74) is 7.56. The summed E-state index contributed by atoms with van der Waals surface area (Å²) < 4.78 is 11.7. The molecule has 17 heteroatoms. The van der Waals surface area contributed by atoms with Crippen LogP contribution in [0.5, 0.6) is 0 Å². The monoisotopic (exact) mass is 1060 g/mol. The molecule has 382 valence electrons. The molecule has 0 spiro atoms. The smallest absolute Gasteiger partial charge is 0.283 e. The number of aliphatic hydroxyl groups is 1. The number of amides is 3. The summed E-state index contributed by atoms with van der Waals surface area (Å²) in [5, 5.41) is 17.8. The molecule has 0 bridgehead atoms. The number of aromatic nitrogens is 4. The Bertz CT molecular complexity index is 3050. The molecule has 2 saturated heterocycles. The molecule has 0 unspecified atom stereocenters. The highest BCUT2D eigenvalue weighted by atomic mass is 79.9. The second-order valence-corrected chi connectivity index (χ2v) is 23.7. The van der Waals surface area contributed by atoms with Crippen molar-refractivity contribution in [1.29, 1.82) is 0 Å². The van der Waals surface area contributed by atoms with Crippen LogP contribution in [0.4, 0.5) is 0 Å². The number of rotatable bonds is 15. The van der Waals surface area contributed by atoms with E-state index in [0.29, 0.717) is 36.8 Å². The van der Waals surface area contributed by atoms with Crippen molar-refractivity contribution in [2.75, 3.05) is 53.5 Å². The third-order valence-corrected chi connectivity index (χ3v) is 17.7. The molecule has 3 amide bonds. The number of β-amino-alcohol motifs (C(OH)–C–C–N with tert-alkyl or cyclic N) is 1.